The van der Waals surface area contributed by atoms with Gasteiger partial charge in [0.15, 0.2) is 0 Å². The summed E-state index contributed by atoms with van der Waals surface area (Å²) in [5.41, 5.74) is 2.51. The monoisotopic (exact) mass is 418 g/mol. The van der Waals surface area contributed by atoms with Gasteiger partial charge in [0.1, 0.15) is 18.5 Å². The molecule has 0 bridgehead atoms. The lowest BCUT2D eigenvalue weighted by Gasteiger charge is -2.31. The molecule has 29 heavy (non-hydrogen) atoms. The van der Waals surface area contributed by atoms with Crippen molar-refractivity contribution in [2.75, 3.05) is 52.5 Å². The molecule has 0 spiro atoms. The van der Waals surface area contributed by atoms with Crippen molar-refractivity contribution in [3.05, 3.63) is 64.7 Å². The number of morpholine rings is 1. The SMILES string of the molecule is Cc1cccc(CN(CCN2CCOCC2)CC(O)COc2ccc(Cl)cc2)c1. The number of hydrogen-bond acceptors (Lipinski definition) is 5. The van der Waals surface area contributed by atoms with Crippen LogP contribution in [-0.2, 0) is 11.3 Å². The zero-order chi connectivity index (χ0) is 20.5. The third-order valence-corrected chi connectivity index (χ3v) is 5.30. The summed E-state index contributed by atoms with van der Waals surface area (Å²) in [6, 6.07) is 15.8. The average Bonchev–Trinajstić information content (AvgIpc) is 2.72. The molecule has 2 aromatic rings. The molecular weight excluding hydrogens is 388 g/mol. The highest BCUT2D eigenvalue weighted by atomic mass is 35.5. The summed E-state index contributed by atoms with van der Waals surface area (Å²) in [6.45, 7) is 9.15. The minimum atomic E-state index is -0.569. The van der Waals surface area contributed by atoms with E-state index in [9.17, 15) is 5.11 Å². The third kappa shape index (κ3) is 7.96. The number of nitrogens with zero attached hydrogens (tertiary/aromatic N) is 2. The second kappa shape index (κ2) is 11.5. The second-order valence-corrected chi connectivity index (χ2v) is 8.03. The fraction of sp³-hybridized carbons (Fsp3) is 0.478. The Hall–Kier alpha value is -1.63. The van der Waals surface area contributed by atoms with Gasteiger partial charge in [-0.05, 0) is 36.8 Å². The maximum absolute atomic E-state index is 10.6. The van der Waals surface area contributed by atoms with Crippen LogP contribution >= 0.6 is 11.6 Å². The van der Waals surface area contributed by atoms with Gasteiger partial charge in [0.25, 0.3) is 0 Å². The highest BCUT2D eigenvalue weighted by Crippen LogP contribution is 2.16. The van der Waals surface area contributed by atoms with E-state index >= 15 is 0 Å². The van der Waals surface area contributed by atoms with E-state index in [-0.39, 0.29) is 6.61 Å². The van der Waals surface area contributed by atoms with Crippen molar-refractivity contribution in [3.63, 3.8) is 0 Å². The Morgan fingerprint density at radius 1 is 1.17 bits per heavy atom. The molecule has 3 rings (SSSR count). The summed E-state index contributed by atoms with van der Waals surface area (Å²) < 4.78 is 11.2. The van der Waals surface area contributed by atoms with Crippen molar-refractivity contribution < 1.29 is 14.6 Å². The molecule has 2 aromatic carbocycles. The van der Waals surface area contributed by atoms with Crippen LogP contribution in [0, 0.1) is 6.92 Å². The van der Waals surface area contributed by atoms with Gasteiger partial charge in [0, 0.05) is 44.3 Å². The van der Waals surface area contributed by atoms with Gasteiger partial charge in [0.05, 0.1) is 13.2 Å². The number of aryl methyl sites for hydroxylation is 1. The van der Waals surface area contributed by atoms with Gasteiger partial charge in [-0.25, -0.2) is 0 Å². The van der Waals surface area contributed by atoms with Crippen molar-refractivity contribution >= 4 is 11.6 Å². The number of ether oxygens (including phenoxy) is 2. The lowest BCUT2D eigenvalue weighted by molar-refractivity contribution is 0.0256. The van der Waals surface area contributed by atoms with Crippen molar-refractivity contribution in [3.8, 4) is 5.75 Å². The topological polar surface area (TPSA) is 45.2 Å². The maximum atomic E-state index is 10.6. The molecule has 1 aliphatic rings. The van der Waals surface area contributed by atoms with Crippen molar-refractivity contribution in [1.29, 1.82) is 0 Å². The first-order valence-electron chi connectivity index (χ1n) is 10.2. The molecule has 0 radical (unpaired) electrons. The fourth-order valence-corrected chi connectivity index (χ4v) is 3.61. The van der Waals surface area contributed by atoms with E-state index in [4.69, 9.17) is 21.1 Å². The molecule has 6 heteroatoms. The molecular formula is C23H31ClN2O3. The van der Waals surface area contributed by atoms with Crippen molar-refractivity contribution in [2.24, 2.45) is 0 Å². The standard InChI is InChI=1S/C23H31ClN2O3/c1-19-3-2-4-20(15-19)16-26(10-9-25-11-13-28-14-12-25)17-22(27)18-29-23-7-5-21(24)6-8-23/h2-8,15,22,27H,9-14,16-18H2,1H3. The van der Waals surface area contributed by atoms with Crippen LogP contribution in [0.1, 0.15) is 11.1 Å². The van der Waals surface area contributed by atoms with E-state index in [0.717, 1.165) is 45.9 Å². The van der Waals surface area contributed by atoms with Crippen LogP contribution in [0.25, 0.3) is 0 Å². The van der Waals surface area contributed by atoms with Gasteiger partial charge >= 0.3 is 0 Å². The Balaban J connectivity index is 1.54. The largest absolute Gasteiger partial charge is 0.491 e. The van der Waals surface area contributed by atoms with Gasteiger partial charge < -0.3 is 14.6 Å². The predicted molar refractivity (Wildman–Crippen MR) is 117 cm³/mol. The quantitative estimate of drug-likeness (QED) is 0.641. The highest BCUT2D eigenvalue weighted by molar-refractivity contribution is 6.30. The van der Waals surface area contributed by atoms with E-state index < -0.39 is 6.10 Å². The molecule has 0 saturated carbocycles. The molecule has 0 amide bonds. The Kier molecular flexibility index (Phi) is 8.77. The summed E-state index contributed by atoms with van der Waals surface area (Å²) in [5, 5.41) is 11.3. The van der Waals surface area contributed by atoms with Crippen LogP contribution in [0.5, 0.6) is 5.75 Å². The van der Waals surface area contributed by atoms with Gasteiger partial charge in [-0.15, -0.1) is 0 Å². The number of aliphatic hydroxyl groups excluding tert-OH is 1. The van der Waals surface area contributed by atoms with E-state index in [0.29, 0.717) is 17.3 Å². The molecule has 1 N–H and O–H groups in total. The molecule has 1 fully saturated rings. The smallest absolute Gasteiger partial charge is 0.119 e. The number of halogens is 1. The minimum Gasteiger partial charge on any atom is -0.491 e. The molecule has 0 aromatic heterocycles. The zero-order valence-corrected chi connectivity index (χ0v) is 17.9. The Morgan fingerprint density at radius 3 is 2.66 bits per heavy atom. The van der Waals surface area contributed by atoms with E-state index in [1.54, 1.807) is 12.1 Å². The first-order valence-corrected chi connectivity index (χ1v) is 10.6. The van der Waals surface area contributed by atoms with Gasteiger partial charge in [-0.2, -0.15) is 0 Å². The van der Waals surface area contributed by atoms with Crippen LogP contribution < -0.4 is 4.74 Å². The number of rotatable bonds is 10. The Labute approximate surface area is 178 Å². The van der Waals surface area contributed by atoms with Crippen LogP contribution in [0.15, 0.2) is 48.5 Å². The van der Waals surface area contributed by atoms with Crippen LogP contribution in [-0.4, -0.2) is 73.6 Å². The fourth-order valence-electron chi connectivity index (χ4n) is 3.49. The van der Waals surface area contributed by atoms with E-state index in [1.165, 1.54) is 11.1 Å². The molecule has 1 heterocycles. The molecule has 1 aliphatic heterocycles. The molecule has 1 unspecified atom stereocenters. The zero-order valence-electron chi connectivity index (χ0n) is 17.1. The van der Waals surface area contributed by atoms with Crippen LogP contribution in [0.2, 0.25) is 5.02 Å². The summed E-state index contributed by atoms with van der Waals surface area (Å²) in [7, 11) is 0. The maximum Gasteiger partial charge on any atom is 0.119 e. The summed E-state index contributed by atoms with van der Waals surface area (Å²) in [4.78, 5) is 4.73. The first kappa shape index (κ1) is 22.1. The lowest BCUT2D eigenvalue weighted by Crippen LogP contribution is -2.43. The van der Waals surface area contributed by atoms with E-state index in [1.807, 2.05) is 12.1 Å². The van der Waals surface area contributed by atoms with Crippen molar-refractivity contribution in [1.82, 2.24) is 9.80 Å². The van der Waals surface area contributed by atoms with E-state index in [2.05, 4.69) is 41.0 Å². The van der Waals surface area contributed by atoms with Gasteiger partial charge in [-0.3, -0.25) is 9.80 Å². The number of benzene rings is 2. The molecule has 5 nitrogen and oxygen atoms in total. The average molecular weight is 419 g/mol. The van der Waals surface area contributed by atoms with Crippen molar-refractivity contribution in [2.45, 2.75) is 19.6 Å². The Morgan fingerprint density at radius 2 is 1.93 bits per heavy atom. The molecule has 158 valence electrons. The Bertz CT molecular complexity index is 735. The molecule has 1 atom stereocenters. The summed E-state index contributed by atoms with van der Waals surface area (Å²) in [6.07, 6.45) is -0.569. The highest BCUT2D eigenvalue weighted by Gasteiger charge is 2.16. The number of hydrogen-bond donors (Lipinski definition) is 1. The van der Waals surface area contributed by atoms with Gasteiger partial charge in [0.2, 0.25) is 0 Å². The molecule has 1 saturated heterocycles. The number of aliphatic hydroxyl groups is 1. The van der Waals surface area contributed by atoms with Crippen LogP contribution in [0.3, 0.4) is 0 Å². The van der Waals surface area contributed by atoms with Crippen LogP contribution in [0.4, 0.5) is 0 Å². The summed E-state index contributed by atoms with van der Waals surface area (Å²) in [5.74, 6) is 0.715. The van der Waals surface area contributed by atoms with Gasteiger partial charge in [-0.1, -0.05) is 41.4 Å². The summed E-state index contributed by atoms with van der Waals surface area (Å²) >= 11 is 5.91. The minimum absolute atomic E-state index is 0.253. The molecule has 0 aliphatic carbocycles. The normalized spacial score (nSPS) is 16.1. The lowest BCUT2D eigenvalue weighted by atomic mass is 10.1. The third-order valence-electron chi connectivity index (χ3n) is 5.05. The predicted octanol–water partition coefficient (Wildman–Crippen LogP) is 3.22. The first-order chi connectivity index (χ1) is 14.1. The second-order valence-electron chi connectivity index (χ2n) is 7.60.